The van der Waals surface area contributed by atoms with Gasteiger partial charge in [0.15, 0.2) is 0 Å². The number of benzene rings is 2. The fourth-order valence-corrected chi connectivity index (χ4v) is 2.39. The first-order valence-corrected chi connectivity index (χ1v) is 7.61. The van der Waals surface area contributed by atoms with Crippen molar-refractivity contribution in [2.45, 2.75) is 6.42 Å². The lowest BCUT2D eigenvalue weighted by Gasteiger charge is -2.02. The maximum absolute atomic E-state index is 11.8. The van der Waals surface area contributed by atoms with E-state index in [1.54, 1.807) is 18.2 Å². The molecule has 2 aromatic carbocycles. The van der Waals surface area contributed by atoms with E-state index in [9.17, 15) is 4.79 Å². The van der Waals surface area contributed by atoms with Gasteiger partial charge in [-0.05, 0) is 29.8 Å². The van der Waals surface area contributed by atoms with Crippen molar-refractivity contribution in [2.24, 2.45) is 5.10 Å². The van der Waals surface area contributed by atoms with Gasteiger partial charge in [0.25, 0.3) is 0 Å². The number of hydrazone groups is 1. The Morgan fingerprint density at radius 2 is 1.76 bits per heavy atom. The van der Waals surface area contributed by atoms with Crippen LogP contribution in [0.2, 0.25) is 10.0 Å². The first-order valence-electron chi connectivity index (χ1n) is 6.06. The molecule has 2 aromatic rings. The Balaban J connectivity index is 1.95. The summed E-state index contributed by atoms with van der Waals surface area (Å²) in [4.78, 5) is 11.8. The third-order valence-corrected chi connectivity index (χ3v) is 3.85. The van der Waals surface area contributed by atoms with Crippen LogP contribution in [0.25, 0.3) is 0 Å². The zero-order valence-corrected chi connectivity index (χ0v) is 13.9. The number of nitrogens with zero attached hydrogens (tertiary/aromatic N) is 1. The molecular weight excluding hydrogens is 375 g/mol. The monoisotopic (exact) mass is 384 g/mol. The molecule has 108 valence electrons. The number of carbonyl (C=O) groups is 1. The van der Waals surface area contributed by atoms with E-state index in [2.05, 4.69) is 26.5 Å². The zero-order chi connectivity index (χ0) is 15.2. The Labute approximate surface area is 141 Å². The van der Waals surface area contributed by atoms with Gasteiger partial charge in [-0.1, -0.05) is 57.3 Å². The predicted octanol–water partition coefficient (Wildman–Crippen LogP) is 4.45. The van der Waals surface area contributed by atoms with Crippen LogP contribution in [0, 0.1) is 0 Å². The second kappa shape index (κ2) is 7.59. The standard InChI is InChI=1S/C15H11BrCl2N2O/c16-11-6-4-10(5-7-11)8-15(21)20-19-9-12-13(17)2-1-3-14(12)18/h1-7,9H,8H2,(H,20,21). The van der Waals surface area contributed by atoms with Gasteiger partial charge in [0, 0.05) is 10.0 Å². The number of amides is 1. The molecule has 6 heteroatoms. The summed E-state index contributed by atoms with van der Waals surface area (Å²) in [7, 11) is 0. The highest BCUT2D eigenvalue weighted by atomic mass is 79.9. The van der Waals surface area contributed by atoms with Gasteiger partial charge in [-0.15, -0.1) is 0 Å². The second-order valence-electron chi connectivity index (χ2n) is 4.23. The van der Waals surface area contributed by atoms with Crippen molar-refractivity contribution in [1.29, 1.82) is 0 Å². The molecule has 0 saturated carbocycles. The Bertz CT molecular complexity index is 652. The van der Waals surface area contributed by atoms with E-state index < -0.39 is 0 Å². The van der Waals surface area contributed by atoms with E-state index in [1.165, 1.54) is 6.21 Å². The number of halogens is 3. The SMILES string of the molecule is O=C(Cc1ccc(Br)cc1)NN=Cc1c(Cl)cccc1Cl. The van der Waals surface area contributed by atoms with Gasteiger partial charge in [-0.25, -0.2) is 5.43 Å². The molecule has 0 spiro atoms. The first kappa shape index (κ1) is 16.0. The molecule has 0 aliphatic carbocycles. The van der Waals surface area contributed by atoms with Crippen LogP contribution in [-0.2, 0) is 11.2 Å². The van der Waals surface area contributed by atoms with Crippen LogP contribution < -0.4 is 5.43 Å². The van der Waals surface area contributed by atoms with Crippen LogP contribution in [0.15, 0.2) is 52.0 Å². The zero-order valence-electron chi connectivity index (χ0n) is 10.8. The lowest BCUT2D eigenvalue weighted by molar-refractivity contribution is -0.120. The number of rotatable bonds is 4. The summed E-state index contributed by atoms with van der Waals surface area (Å²) < 4.78 is 0.970. The van der Waals surface area contributed by atoms with E-state index >= 15 is 0 Å². The highest BCUT2D eigenvalue weighted by Crippen LogP contribution is 2.21. The van der Waals surface area contributed by atoms with Gasteiger partial charge in [0.2, 0.25) is 5.91 Å². The number of nitrogens with one attached hydrogen (secondary N) is 1. The summed E-state index contributed by atoms with van der Waals surface area (Å²) in [5, 5.41) is 4.83. The van der Waals surface area contributed by atoms with Crippen molar-refractivity contribution in [3.8, 4) is 0 Å². The van der Waals surface area contributed by atoms with Gasteiger partial charge >= 0.3 is 0 Å². The molecule has 0 atom stereocenters. The number of carbonyl (C=O) groups excluding carboxylic acids is 1. The third-order valence-electron chi connectivity index (χ3n) is 2.66. The van der Waals surface area contributed by atoms with Crippen LogP contribution in [0.3, 0.4) is 0 Å². The minimum atomic E-state index is -0.211. The third kappa shape index (κ3) is 4.84. The summed E-state index contributed by atoms with van der Waals surface area (Å²) in [5.74, 6) is -0.211. The largest absolute Gasteiger partial charge is 0.273 e. The molecule has 0 heterocycles. The Kier molecular flexibility index (Phi) is 5.79. The average molecular weight is 386 g/mol. The molecule has 0 fully saturated rings. The van der Waals surface area contributed by atoms with E-state index in [1.807, 2.05) is 24.3 Å². The topological polar surface area (TPSA) is 41.5 Å². The van der Waals surface area contributed by atoms with E-state index in [0.29, 0.717) is 15.6 Å². The summed E-state index contributed by atoms with van der Waals surface area (Å²) in [5.41, 5.74) is 3.93. The molecular formula is C15H11BrCl2N2O. The van der Waals surface area contributed by atoms with Crippen LogP contribution in [0.5, 0.6) is 0 Å². The number of hydrogen-bond acceptors (Lipinski definition) is 2. The molecule has 0 saturated heterocycles. The van der Waals surface area contributed by atoms with Crippen LogP contribution in [0.4, 0.5) is 0 Å². The first-order chi connectivity index (χ1) is 10.1. The molecule has 0 unspecified atom stereocenters. The van der Waals surface area contributed by atoms with Gasteiger partial charge in [-0.2, -0.15) is 5.10 Å². The van der Waals surface area contributed by atoms with Gasteiger partial charge < -0.3 is 0 Å². The van der Waals surface area contributed by atoms with Gasteiger partial charge in [0.05, 0.1) is 22.7 Å². The van der Waals surface area contributed by atoms with Crippen molar-refractivity contribution in [3.63, 3.8) is 0 Å². The molecule has 0 aliphatic heterocycles. The van der Waals surface area contributed by atoms with Crippen molar-refractivity contribution in [1.82, 2.24) is 5.43 Å². The molecule has 2 rings (SSSR count). The molecule has 21 heavy (non-hydrogen) atoms. The van der Waals surface area contributed by atoms with E-state index in [-0.39, 0.29) is 12.3 Å². The maximum atomic E-state index is 11.8. The van der Waals surface area contributed by atoms with Crippen LogP contribution >= 0.6 is 39.1 Å². The molecule has 0 aliphatic rings. The molecule has 0 radical (unpaired) electrons. The fourth-order valence-electron chi connectivity index (χ4n) is 1.63. The van der Waals surface area contributed by atoms with Crippen molar-refractivity contribution >= 4 is 51.3 Å². The molecule has 0 aromatic heterocycles. The van der Waals surface area contributed by atoms with Crippen LogP contribution in [-0.4, -0.2) is 12.1 Å². The molecule has 1 amide bonds. The lowest BCUT2D eigenvalue weighted by atomic mass is 10.1. The Morgan fingerprint density at radius 1 is 1.14 bits per heavy atom. The summed E-state index contributed by atoms with van der Waals surface area (Å²) in [6, 6.07) is 12.7. The van der Waals surface area contributed by atoms with Crippen molar-refractivity contribution < 1.29 is 4.79 Å². The summed E-state index contributed by atoms with van der Waals surface area (Å²) >= 11 is 15.3. The molecule has 1 N–H and O–H groups in total. The predicted molar refractivity (Wildman–Crippen MR) is 90.0 cm³/mol. The van der Waals surface area contributed by atoms with Gasteiger partial charge in [0.1, 0.15) is 0 Å². The maximum Gasteiger partial charge on any atom is 0.244 e. The Hall–Kier alpha value is -1.36. The van der Waals surface area contributed by atoms with E-state index in [0.717, 1.165) is 10.0 Å². The summed E-state index contributed by atoms with van der Waals surface area (Å²) in [6.45, 7) is 0. The summed E-state index contributed by atoms with van der Waals surface area (Å²) in [6.07, 6.45) is 1.69. The van der Waals surface area contributed by atoms with Crippen molar-refractivity contribution in [3.05, 3.63) is 68.1 Å². The lowest BCUT2D eigenvalue weighted by Crippen LogP contribution is -2.19. The van der Waals surface area contributed by atoms with Crippen LogP contribution in [0.1, 0.15) is 11.1 Å². The second-order valence-corrected chi connectivity index (χ2v) is 5.96. The Morgan fingerprint density at radius 3 is 2.38 bits per heavy atom. The average Bonchev–Trinajstić information content (AvgIpc) is 2.45. The quantitative estimate of drug-likeness (QED) is 0.613. The smallest absolute Gasteiger partial charge is 0.244 e. The van der Waals surface area contributed by atoms with Gasteiger partial charge in [-0.3, -0.25) is 4.79 Å². The number of hydrogen-bond donors (Lipinski definition) is 1. The molecule has 0 bridgehead atoms. The van der Waals surface area contributed by atoms with Crippen molar-refractivity contribution in [2.75, 3.05) is 0 Å². The fraction of sp³-hybridized carbons (Fsp3) is 0.0667. The normalized spacial score (nSPS) is 10.8. The molecule has 3 nitrogen and oxygen atoms in total. The highest BCUT2D eigenvalue weighted by molar-refractivity contribution is 9.10. The minimum Gasteiger partial charge on any atom is -0.273 e. The van der Waals surface area contributed by atoms with E-state index in [4.69, 9.17) is 23.2 Å². The minimum absolute atomic E-state index is 0.211. The highest BCUT2D eigenvalue weighted by Gasteiger charge is 2.04.